The first-order valence-corrected chi connectivity index (χ1v) is 11.8. The molecule has 1 heterocycles. The van der Waals surface area contributed by atoms with E-state index in [2.05, 4.69) is 5.32 Å². The summed E-state index contributed by atoms with van der Waals surface area (Å²) in [4.78, 5) is 20.0. The zero-order chi connectivity index (χ0) is 22.8. The van der Waals surface area contributed by atoms with E-state index in [4.69, 9.17) is 39.8 Å². The maximum Gasteiger partial charge on any atom is 0.274 e. The molecule has 0 aliphatic heterocycles. The lowest BCUT2D eigenvalue weighted by Gasteiger charge is -2.37. The molecule has 1 fully saturated rings. The van der Waals surface area contributed by atoms with E-state index in [-0.39, 0.29) is 30.4 Å². The molecule has 1 aliphatic rings. The van der Waals surface area contributed by atoms with Crippen LogP contribution in [0.3, 0.4) is 0 Å². The summed E-state index contributed by atoms with van der Waals surface area (Å²) < 4.78 is 1.86. The highest BCUT2D eigenvalue weighted by Crippen LogP contribution is 2.32. The summed E-state index contributed by atoms with van der Waals surface area (Å²) in [5.74, 6) is 0.454. The van der Waals surface area contributed by atoms with E-state index in [1.165, 1.54) is 6.42 Å². The molecule has 0 bridgehead atoms. The number of hydrogen-bond donors (Lipinski definition) is 1. The highest BCUT2D eigenvalue weighted by atomic mass is 35.5. The van der Waals surface area contributed by atoms with Crippen molar-refractivity contribution in [3.63, 3.8) is 0 Å². The topological polar surface area (TPSA) is 50.2 Å². The number of halogens is 4. The van der Waals surface area contributed by atoms with Crippen molar-refractivity contribution in [1.82, 2.24) is 19.8 Å². The predicted octanol–water partition coefficient (Wildman–Crippen LogP) is 6.52. The van der Waals surface area contributed by atoms with Crippen LogP contribution < -0.4 is 5.32 Å². The van der Waals surface area contributed by atoms with Gasteiger partial charge >= 0.3 is 0 Å². The molecule has 176 valence electrons. The molecule has 2 atom stereocenters. The predicted molar refractivity (Wildman–Crippen MR) is 138 cm³/mol. The van der Waals surface area contributed by atoms with Crippen LogP contribution in [0.4, 0.5) is 0 Å². The zero-order valence-electron chi connectivity index (χ0n) is 18.4. The van der Waals surface area contributed by atoms with Crippen LogP contribution in [0.2, 0.25) is 15.1 Å². The number of imidazole rings is 1. The largest absolute Gasteiger partial charge is 0.336 e. The lowest BCUT2D eigenvalue weighted by Crippen LogP contribution is -2.51. The molecule has 33 heavy (non-hydrogen) atoms. The lowest BCUT2D eigenvalue weighted by atomic mass is 9.89. The number of benzene rings is 2. The summed E-state index contributed by atoms with van der Waals surface area (Å²) >= 11 is 18.7. The Morgan fingerprint density at radius 2 is 1.73 bits per heavy atom. The van der Waals surface area contributed by atoms with E-state index in [0.717, 1.165) is 24.9 Å². The van der Waals surface area contributed by atoms with Crippen molar-refractivity contribution in [3.8, 4) is 17.1 Å². The third kappa shape index (κ3) is 5.50. The van der Waals surface area contributed by atoms with Gasteiger partial charge in [-0.15, -0.1) is 12.4 Å². The number of aromatic nitrogens is 2. The van der Waals surface area contributed by atoms with Crippen molar-refractivity contribution in [2.45, 2.75) is 37.8 Å². The maximum absolute atomic E-state index is 13.5. The molecule has 9 heteroatoms. The number of nitrogens with zero attached hydrogens (tertiary/aromatic N) is 3. The molecule has 0 unspecified atom stereocenters. The third-order valence-corrected chi connectivity index (χ3v) is 6.92. The van der Waals surface area contributed by atoms with Crippen LogP contribution in [0.5, 0.6) is 0 Å². The minimum absolute atomic E-state index is 0. The average Bonchev–Trinajstić information content (AvgIpc) is 3.23. The summed E-state index contributed by atoms with van der Waals surface area (Å²) in [5, 5.41) is 5.00. The minimum Gasteiger partial charge on any atom is -0.336 e. The monoisotopic (exact) mass is 526 g/mol. The summed E-state index contributed by atoms with van der Waals surface area (Å²) in [6, 6.07) is 13.0. The van der Waals surface area contributed by atoms with Gasteiger partial charge in [0, 0.05) is 46.6 Å². The molecule has 5 nitrogen and oxygen atoms in total. The highest BCUT2D eigenvalue weighted by molar-refractivity contribution is 6.36. The Morgan fingerprint density at radius 1 is 1.06 bits per heavy atom. The fourth-order valence-electron chi connectivity index (χ4n) is 4.39. The molecule has 0 spiro atoms. The lowest BCUT2D eigenvalue weighted by molar-refractivity contribution is 0.0649. The molecule has 1 amide bonds. The maximum atomic E-state index is 13.5. The van der Waals surface area contributed by atoms with Gasteiger partial charge in [0.15, 0.2) is 0 Å². The molecule has 1 N–H and O–H groups in total. The molecule has 1 aromatic heterocycles. The Morgan fingerprint density at radius 3 is 2.39 bits per heavy atom. The fourth-order valence-corrected chi connectivity index (χ4v) is 5.00. The average molecular weight is 528 g/mol. The zero-order valence-corrected chi connectivity index (χ0v) is 21.5. The number of carbonyl (C=O) groups excluding carboxylic acids is 1. The number of rotatable bonds is 5. The molecule has 1 saturated carbocycles. The van der Waals surface area contributed by atoms with E-state index in [1.54, 1.807) is 30.5 Å². The summed E-state index contributed by atoms with van der Waals surface area (Å²) in [7, 11) is 3.82. The molecule has 0 radical (unpaired) electrons. The Kier molecular flexibility index (Phi) is 8.70. The summed E-state index contributed by atoms with van der Waals surface area (Å²) in [6.45, 7) is 0. The van der Waals surface area contributed by atoms with Crippen molar-refractivity contribution in [3.05, 3.63) is 69.4 Å². The number of amides is 1. The van der Waals surface area contributed by atoms with Crippen LogP contribution in [0, 0.1) is 0 Å². The van der Waals surface area contributed by atoms with Crippen LogP contribution in [0.1, 0.15) is 36.2 Å². The highest BCUT2D eigenvalue weighted by Gasteiger charge is 2.31. The van der Waals surface area contributed by atoms with Crippen LogP contribution in [0.15, 0.2) is 48.7 Å². The van der Waals surface area contributed by atoms with E-state index >= 15 is 0 Å². The second kappa shape index (κ2) is 11.1. The smallest absolute Gasteiger partial charge is 0.274 e. The Labute approximate surface area is 215 Å². The number of carbonyl (C=O) groups is 1. The van der Waals surface area contributed by atoms with Gasteiger partial charge in [-0.3, -0.25) is 9.36 Å². The first kappa shape index (κ1) is 25.9. The SMILES string of the molecule is CN[C@@H]1CCCC[C@H]1N(C)C(=O)c1cn(-c2ccc(Cl)cc2)c(-c2ccc(Cl)cc2Cl)n1.Cl. The van der Waals surface area contributed by atoms with E-state index in [1.807, 2.05) is 41.8 Å². The van der Waals surface area contributed by atoms with Gasteiger partial charge in [-0.1, -0.05) is 47.6 Å². The quantitative estimate of drug-likeness (QED) is 0.410. The Bertz CT molecular complexity index is 1120. The van der Waals surface area contributed by atoms with Gasteiger partial charge in [-0.05, 0) is 62.4 Å². The molecule has 2 aromatic carbocycles. The first-order valence-electron chi connectivity index (χ1n) is 10.6. The van der Waals surface area contributed by atoms with Gasteiger partial charge in [-0.25, -0.2) is 4.98 Å². The van der Waals surface area contributed by atoms with Gasteiger partial charge in [0.25, 0.3) is 5.91 Å². The molecule has 0 saturated heterocycles. The second-order valence-electron chi connectivity index (χ2n) is 8.08. The summed E-state index contributed by atoms with van der Waals surface area (Å²) in [6.07, 6.45) is 6.09. The van der Waals surface area contributed by atoms with Crippen molar-refractivity contribution < 1.29 is 4.79 Å². The van der Waals surface area contributed by atoms with E-state index in [0.29, 0.717) is 32.1 Å². The van der Waals surface area contributed by atoms with Crippen molar-refractivity contribution in [1.29, 1.82) is 0 Å². The van der Waals surface area contributed by atoms with Gasteiger partial charge < -0.3 is 10.2 Å². The van der Waals surface area contributed by atoms with Crippen molar-refractivity contribution in [2.75, 3.05) is 14.1 Å². The third-order valence-electron chi connectivity index (χ3n) is 6.12. The van der Waals surface area contributed by atoms with Gasteiger partial charge in [-0.2, -0.15) is 0 Å². The molecule has 1 aliphatic carbocycles. The second-order valence-corrected chi connectivity index (χ2v) is 9.36. The number of likely N-dealkylation sites (N-methyl/N-ethyl adjacent to an activating group) is 2. The first-order chi connectivity index (χ1) is 15.4. The number of nitrogens with one attached hydrogen (secondary N) is 1. The minimum atomic E-state index is -0.115. The van der Waals surface area contributed by atoms with Gasteiger partial charge in [0.2, 0.25) is 0 Å². The Hall–Kier alpha value is -1.76. The van der Waals surface area contributed by atoms with Crippen LogP contribution in [-0.4, -0.2) is 46.5 Å². The summed E-state index contributed by atoms with van der Waals surface area (Å²) in [5.41, 5.74) is 1.89. The van der Waals surface area contributed by atoms with E-state index in [9.17, 15) is 4.79 Å². The molecular formula is C24H26Cl4N4O. The van der Waals surface area contributed by atoms with Gasteiger partial charge in [0.1, 0.15) is 11.5 Å². The Balaban J connectivity index is 0.00000306. The van der Waals surface area contributed by atoms with E-state index < -0.39 is 0 Å². The van der Waals surface area contributed by atoms with Crippen molar-refractivity contribution >= 4 is 53.1 Å². The van der Waals surface area contributed by atoms with Crippen LogP contribution in [-0.2, 0) is 0 Å². The van der Waals surface area contributed by atoms with Crippen LogP contribution in [0.25, 0.3) is 17.1 Å². The fraction of sp³-hybridized carbons (Fsp3) is 0.333. The molecular weight excluding hydrogens is 502 g/mol. The standard InChI is InChI=1S/C24H25Cl3N4O.ClH/c1-28-20-5-3-4-6-22(20)30(2)24(32)21-14-31(17-10-7-15(25)8-11-17)23(29-21)18-12-9-16(26)13-19(18)27;/h7-14,20,22,28H,3-6H2,1-2H3;1H/t20-,22-;/m1./s1. The molecule has 3 aromatic rings. The van der Waals surface area contributed by atoms with Gasteiger partial charge in [0.05, 0.1) is 5.02 Å². The normalized spacial score (nSPS) is 18.0. The van der Waals surface area contributed by atoms with Crippen LogP contribution >= 0.6 is 47.2 Å². The van der Waals surface area contributed by atoms with Crippen molar-refractivity contribution in [2.24, 2.45) is 0 Å². The molecule has 4 rings (SSSR count). The number of hydrogen-bond acceptors (Lipinski definition) is 3.